The first-order chi connectivity index (χ1) is 6.17. The average Bonchev–Trinajstić information content (AvgIpc) is 2.18. The molecule has 0 aliphatic heterocycles. The van der Waals surface area contributed by atoms with Gasteiger partial charge in [-0.25, -0.2) is 0 Å². The predicted molar refractivity (Wildman–Crippen MR) is 51.7 cm³/mol. The van der Waals surface area contributed by atoms with E-state index in [-0.39, 0.29) is 11.8 Å². The van der Waals surface area contributed by atoms with Gasteiger partial charge in [0.1, 0.15) is 0 Å². The number of Topliss-reactive ketones (excluding diaryl/α,β-unsaturated/α-hetero) is 1. The van der Waals surface area contributed by atoms with Crippen LogP contribution in [-0.2, 0) is 14.3 Å². The highest BCUT2D eigenvalue weighted by molar-refractivity contribution is 8.01. The first kappa shape index (κ1) is 10.6. The Morgan fingerprint density at radius 1 is 1.54 bits per heavy atom. The highest BCUT2D eigenvalue weighted by Crippen LogP contribution is 2.36. The molecule has 0 saturated heterocycles. The topological polar surface area (TPSA) is 43.4 Å². The summed E-state index contributed by atoms with van der Waals surface area (Å²) >= 11 is 1.31. The summed E-state index contributed by atoms with van der Waals surface area (Å²) in [4.78, 5) is 23.1. The summed E-state index contributed by atoms with van der Waals surface area (Å²) in [5.41, 5.74) is 0. The van der Waals surface area contributed by atoms with Gasteiger partial charge in [-0.3, -0.25) is 9.59 Å². The Morgan fingerprint density at radius 2 is 2.23 bits per heavy atom. The van der Waals surface area contributed by atoms with Crippen LogP contribution in [0.1, 0.15) is 25.7 Å². The van der Waals surface area contributed by atoms with Gasteiger partial charge in [-0.1, -0.05) is 6.42 Å². The van der Waals surface area contributed by atoms with Crippen molar-refractivity contribution in [2.75, 3.05) is 13.4 Å². The summed E-state index contributed by atoms with van der Waals surface area (Å²) in [6, 6.07) is 0. The van der Waals surface area contributed by atoms with Gasteiger partial charge < -0.3 is 4.74 Å². The summed E-state index contributed by atoms with van der Waals surface area (Å²) < 4.78 is 3.78. The monoisotopic (exact) mass is 202 g/mol. The van der Waals surface area contributed by atoms with Gasteiger partial charge in [-0.15, -0.1) is 11.8 Å². The largest absolute Gasteiger partial charge is 0.468 e. The van der Waals surface area contributed by atoms with Crippen LogP contribution in [0.4, 0.5) is 0 Å². The van der Waals surface area contributed by atoms with E-state index in [2.05, 4.69) is 4.74 Å². The van der Waals surface area contributed by atoms with Crippen LogP contribution in [0, 0.1) is 0 Å². The number of rotatable bonds is 2. The van der Waals surface area contributed by atoms with Crippen molar-refractivity contribution in [2.45, 2.75) is 30.4 Å². The van der Waals surface area contributed by atoms with Crippen LogP contribution in [-0.4, -0.2) is 29.9 Å². The van der Waals surface area contributed by atoms with Gasteiger partial charge in [0.2, 0.25) is 0 Å². The van der Waals surface area contributed by atoms with Gasteiger partial charge in [0.15, 0.2) is 10.5 Å². The Kier molecular flexibility index (Phi) is 3.36. The molecule has 4 heteroatoms. The minimum atomic E-state index is -0.896. The lowest BCUT2D eigenvalue weighted by Gasteiger charge is -2.30. The maximum absolute atomic E-state index is 11.6. The van der Waals surface area contributed by atoms with E-state index in [0.29, 0.717) is 12.8 Å². The Morgan fingerprint density at radius 3 is 2.69 bits per heavy atom. The number of thioether (sulfide) groups is 1. The van der Waals surface area contributed by atoms with Crippen molar-refractivity contribution in [2.24, 2.45) is 0 Å². The molecule has 0 aromatic carbocycles. The molecule has 74 valence electrons. The fourth-order valence-corrected chi connectivity index (χ4v) is 2.61. The zero-order chi connectivity index (χ0) is 9.90. The van der Waals surface area contributed by atoms with Gasteiger partial charge >= 0.3 is 5.97 Å². The smallest absolute Gasteiger partial charge is 0.329 e. The standard InChI is InChI=1S/C9H14O3S/c1-12-8(11)9(13-2)6-4-3-5-7(9)10/h3-6H2,1-2H3. The molecule has 0 radical (unpaired) electrons. The Bertz CT molecular complexity index is 217. The summed E-state index contributed by atoms with van der Waals surface area (Å²) in [5, 5.41) is 0. The molecular formula is C9H14O3S. The third-order valence-electron chi connectivity index (χ3n) is 2.50. The lowest BCUT2D eigenvalue weighted by molar-refractivity contribution is -0.148. The number of carbonyl (C=O) groups excluding carboxylic acids is 2. The SMILES string of the molecule is COC(=O)C1(SC)CCCCC1=O. The first-order valence-corrected chi connectivity index (χ1v) is 5.56. The molecule has 1 fully saturated rings. The van der Waals surface area contributed by atoms with Crippen molar-refractivity contribution in [1.29, 1.82) is 0 Å². The molecule has 0 heterocycles. The Labute approximate surface area is 82.2 Å². The molecule has 0 aromatic heterocycles. The molecule has 0 bridgehead atoms. The third kappa shape index (κ3) is 1.73. The van der Waals surface area contributed by atoms with Gasteiger partial charge in [-0.2, -0.15) is 0 Å². The summed E-state index contributed by atoms with van der Waals surface area (Å²) in [7, 11) is 1.34. The van der Waals surface area contributed by atoms with Gasteiger partial charge in [0.25, 0.3) is 0 Å². The second-order valence-electron chi connectivity index (χ2n) is 3.15. The zero-order valence-corrected chi connectivity index (χ0v) is 8.78. The highest BCUT2D eigenvalue weighted by Gasteiger charge is 2.47. The molecule has 0 aromatic rings. The molecule has 13 heavy (non-hydrogen) atoms. The van der Waals surface area contributed by atoms with Gasteiger partial charge in [0.05, 0.1) is 7.11 Å². The molecule has 1 aliphatic carbocycles. The number of methoxy groups -OCH3 is 1. The van der Waals surface area contributed by atoms with E-state index in [1.54, 1.807) is 6.26 Å². The lowest BCUT2D eigenvalue weighted by Crippen LogP contribution is -2.46. The van der Waals surface area contributed by atoms with Crippen molar-refractivity contribution in [3.8, 4) is 0 Å². The third-order valence-corrected chi connectivity index (χ3v) is 3.79. The van der Waals surface area contributed by atoms with Crippen LogP contribution in [0.2, 0.25) is 0 Å². The zero-order valence-electron chi connectivity index (χ0n) is 7.96. The van der Waals surface area contributed by atoms with Crippen LogP contribution >= 0.6 is 11.8 Å². The highest BCUT2D eigenvalue weighted by atomic mass is 32.2. The van der Waals surface area contributed by atoms with Crippen molar-refractivity contribution in [3.63, 3.8) is 0 Å². The van der Waals surface area contributed by atoms with Crippen molar-refractivity contribution >= 4 is 23.5 Å². The summed E-state index contributed by atoms with van der Waals surface area (Å²) in [5.74, 6) is -0.359. The first-order valence-electron chi connectivity index (χ1n) is 4.34. The number of ether oxygens (including phenoxy) is 1. The Balaban J connectivity index is 2.88. The van der Waals surface area contributed by atoms with Crippen molar-refractivity contribution in [1.82, 2.24) is 0 Å². The fourth-order valence-electron chi connectivity index (χ4n) is 1.68. The van der Waals surface area contributed by atoms with Crippen LogP contribution in [0.3, 0.4) is 0 Å². The van der Waals surface area contributed by atoms with E-state index < -0.39 is 4.75 Å². The average molecular weight is 202 g/mol. The summed E-state index contributed by atoms with van der Waals surface area (Å²) in [6.07, 6.45) is 4.76. The molecule has 0 spiro atoms. The van der Waals surface area contributed by atoms with Crippen molar-refractivity contribution in [3.05, 3.63) is 0 Å². The molecule has 1 unspecified atom stereocenters. The quantitative estimate of drug-likeness (QED) is 0.501. The molecule has 1 saturated carbocycles. The number of carbonyl (C=O) groups is 2. The minimum absolute atomic E-state index is 0.0260. The van der Waals surface area contributed by atoms with Crippen molar-refractivity contribution < 1.29 is 14.3 Å². The number of hydrogen-bond donors (Lipinski definition) is 0. The van der Waals surface area contributed by atoms with Gasteiger partial charge in [0, 0.05) is 6.42 Å². The number of ketones is 1. The number of hydrogen-bond acceptors (Lipinski definition) is 4. The molecule has 0 amide bonds. The molecule has 1 rings (SSSR count). The van der Waals surface area contributed by atoms with E-state index in [1.807, 2.05) is 0 Å². The fraction of sp³-hybridized carbons (Fsp3) is 0.778. The molecule has 0 N–H and O–H groups in total. The molecule has 3 nitrogen and oxygen atoms in total. The number of esters is 1. The molecular weight excluding hydrogens is 188 g/mol. The van der Waals surface area contributed by atoms with Crippen LogP contribution in [0.25, 0.3) is 0 Å². The van der Waals surface area contributed by atoms with Crippen LogP contribution in [0.5, 0.6) is 0 Å². The lowest BCUT2D eigenvalue weighted by atomic mass is 9.87. The molecule has 1 atom stereocenters. The van der Waals surface area contributed by atoms with E-state index >= 15 is 0 Å². The van der Waals surface area contributed by atoms with E-state index in [0.717, 1.165) is 12.8 Å². The van der Waals surface area contributed by atoms with Gasteiger partial charge in [-0.05, 0) is 19.1 Å². The summed E-state index contributed by atoms with van der Waals surface area (Å²) in [6.45, 7) is 0. The maximum atomic E-state index is 11.6. The normalized spacial score (nSPS) is 28.6. The second kappa shape index (κ2) is 4.13. The Hall–Kier alpha value is -0.510. The second-order valence-corrected chi connectivity index (χ2v) is 4.26. The van der Waals surface area contributed by atoms with Crippen LogP contribution in [0.15, 0.2) is 0 Å². The minimum Gasteiger partial charge on any atom is -0.468 e. The maximum Gasteiger partial charge on any atom is 0.329 e. The molecule has 1 aliphatic rings. The van der Waals surface area contributed by atoms with E-state index in [1.165, 1.54) is 18.9 Å². The van der Waals surface area contributed by atoms with Crippen LogP contribution < -0.4 is 0 Å². The van der Waals surface area contributed by atoms with E-state index in [9.17, 15) is 9.59 Å². The van der Waals surface area contributed by atoms with E-state index in [4.69, 9.17) is 0 Å². The predicted octanol–water partition coefficient (Wildman–Crippen LogP) is 1.40.